The maximum absolute atomic E-state index is 14.2. The lowest BCUT2D eigenvalue weighted by Crippen LogP contribution is -2.38. The molecule has 0 unspecified atom stereocenters. The molecule has 1 aromatic heterocycles. The first-order chi connectivity index (χ1) is 16.5. The number of nitrogens with zero attached hydrogens (tertiary/aromatic N) is 2. The van der Waals surface area contributed by atoms with Gasteiger partial charge < -0.3 is 14.8 Å². The summed E-state index contributed by atoms with van der Waals surface area (Å²) >= 11 is 0. The SMILES string of the molecule is CC[C@H](C)n1cc(C(=O)NCc2ccc(C(F)(F)F)cc2F)c(=O)c(C(=O)N2CCCCCC2)c1. The summed E-state index contributed by atoms with van der Waals surface area (Å²) in [5, 5.41) is 2.40. The van der Waals surface area contributed by atoms with Crippen LogP contribution in [0.2, 0.25) is 0 Å². The molecule has 35 heavy (non-hydrogen) atoms. The van der Waals surface area contributed by atoms with E-state index >= 15 is 0 Å². The second-order valence-corrected chi connectivity index (χ2v) is 8.81. The first-order valence-electron chi connectivity index (χ1n) is 11.7. The Morgan fingerprint density at radius 3 is 2.26 bits per heavy atom. The Morgan fingerprint density at radius 2 is 1.69 bits per heavy atom. The van der Waals surface area contributed by atoms with Gasteiger partial charge in [0.1, 0.15) is 16.9 Å². The molecule has 1 aromatic carbocycles. The maximum atomic E-state index is 14.2. The molecule has 2 amide bonds. The largest absolute Gasteiger partial charge is 0.416 e. The Morgan fingerprint density at radius 1 is 1.06 bits per heavy atom. The third-order valence-corrected chi connectivity index (χ3v) is 6.33. The Labute approximate surface area is 200 Å². The van der Waals surface area contributed by atoms with Crippen molar-refractivity contribution in [2.75, 3.05) is 13.1 Å². The molecule has 0 bridgehead atoms. The zero-order chi connectivity index (χ0) is 25.8. The van der Waals surface area contributed by atoms with Gasteiger partial charge in [-0.05, 0) is 38.3 Å². The predicted molar refractivity (Wildman–Crippen MR) is 123 cm³/mol. The minimum atomic E-state index is -4.69. The molecular formula is C25H29F4N3O3. The van der Waals surface area contributed by atoms with Crippen molar-refractivity contribution in [2.45, 2.75) is 64.7 Å². The molecule has 0 aliphatic carbocycles. The highest BCUT2D eigenvalue weighted by Gasteiger charge is 2.31. The molecule has 190 valence electrons. The van der Waals surface area contributed by atoms with Crippen LogP contribution in [0.1, 0.15) is 83.8 Å². The zero-order valence-corrected chi connectivity index (χ0v) is 19.8. The molecular weight excluding hydrogens is 466 g/mol. The van der Waals surface area contributed by atoms with Gasteiger partial charge in [0, 0.05) is 43.6 Å². The summed E-state index contributed by atoms with van der Waals surface area (Å²) < 4.78 is 54.1. The van der Waals surface area contributed by atoms with Crippen LogP contribution in [0, 0.1) is 5.82 Å². The first-order valence-corrected chi connectivity index (χ1v) is 11.7. The molecule has 1 aliphatic rings. The second kappa shape index (κ2) is 11.0. The van der Waals surface area contributed by atoms with Crippen LogP contribution in [0.4, 0.5) is 17.6 Å². The minimum absolute atomic E-state index is 0.106. The standard InChI is InChI=1S/C25H29F4N3O3/c1-3-16(2)32-14-19(22(33)20(15-32)24(35)31-10-6-4-5-7-11-31)23(34)30-13-17-8-9-18(12-21(17)26)25(27,28)29/h8-9,12,14-16H,3-7,10-11,13H2,1-2H3,(H,30,34)/t16-/m0/s1. The van der Waals surface area contributed by atoms with Crippen molar-refractivity contribution in [3.8, 4) is 0 Å². The van der Waals surface area contributed by atoms with E-state index in [0.717, 1.165) is 37.8 Å². The van der Waals surface area contributed by atoms with E-state index in [9.17, 15) is 31.9 Å². The van der Waals surface area contributed by atoms with Crippen LogP contribution in [0.5, 0.6) is 0 Å². The number of hydrogen-bond donors (Lipinski definition) is 1. The van der Waals surface area contributed by atoms with Gasteiger partial charge in [-0.2, -0.15) is 13.2 Å². The van der Waals surface area contributed by atoms with E-state index < -0.39 is 41.3 Å². The number of nitrogens with one attached hydrogen (secondary N) is 1. The molecule has 1 atom stereocenters. The van der Waals surface area contributed by atoms with Gasteiger partial charge in [0.05, 0.1) is 5.56 Å². The number of likely N-dealkylation sites (tertiary alicyclic amines) is 1. The fourth-order valence-electron chi connectivity index (χ4n) is 3.96. The third kappa shape index (κ3) is 6.29. The molecule has 0 saturated carbocycles. The van der Waals surface area contributed by atoms with Crippen molar-refractivity contribution in [3.05, 3.63) is 68.9 Å². The number of halogens is 4. The van der Waals surface area contributed by atoms with Crippen LogP contribution in [0.3, 0.4) is 0 Å². The number of benzene rings is 1. The number of amides is 2. The van der Waals surface area contributed by atoms with Gasteiger partial charge >= 0.3 is 6.18 Å². The number of rotatable bonds is 6. The van der Waals surface area contributed by atoms with E-state index in [4.69, 9.17) is 0 Å². The van der Waals surface area contributed by atoms with E-state index in [1.54, 1.807) is 9.47 Å². The summed E-state index contributed by atoms with van der Waals surface area (Å²) in [7, 11) is 0. The van der Waals surface area contributed by atoms with E-state index in [1.807, 2.05) is 13.8 Å². The summed E-state index contributed by atoms with van der Waals surface area (Å²) in [6.45, 7) is 4.45. The van der Waals surface area contributed by atoms with Crippen LogP contribution in [-0.4, -0.2) is 34.4 Å². The van der Waals surface area contributed by atoms with Crippen molar-refractivity contribution in [1.82, 2.24) is 14.8 Å². The summed E-state index contributed by atoms with van der Waals surface area (Å²) in [6.07, 6.45) is 2.49. The van der Waals surface area contributed by atoms with Crippen molar-refractivity contribution in [2.24, 2.45) is 0 Å². The molecule has 10 heteroatoms. The number of carbonyl (C=O) groups is 2. The fourth-order valence-corrected chi connectivity index (χ4v) is 3.96. The maximum Gasteiger partial charge on any atom is 0.416 e. The topological polar surface area (TPSA) is 71.4 Å². The van der Waals surface area contributed by atoms with Gasteiger partial charge in [-0.3, -0.25) is 14.4 Å². The summed E-state index contributed by atoms with van der Waals surface area (Å²) in [4.78, 5) is 40.9. The summed E-state index contributed by atoms with van der Waals surface area (Å²) in [6, 6.07) is 1.92. The average Bonchev–Trinajstić information content (AvgIpc) is 3.11. The number of hydrogen-bond acceptors (Lipinski definition) is 3. The quantitative estimate of drug-likeness (QED) is 0.578. The van der Waals surface area contributed by atoms with E-state index in [2.05, 4.69) is 5.32 Å². The van der Waals surface area contributed by atoms with Gasteiger partial charge in [0.25, 0.3) is 11.8 Å². The molecule has 1 saturated heterocycles. The molecule has 2 heterocycles. The van der Waals surface area contributed by atoms with E-state index in [1.165, 1.54) is 12.4 Å². The van der Waals surface area contributed by atoms with Crippen LogP contribution in [0.25, 0.3) is 0 Å². The molecule has 1 aliphatic heterocycles. The van der Waals surface area contributed by atoms with Gasteiger partial charge in [0.2, 0.25) is 5.43 Å². The molecule has 1 fully saturated rings. The molecule has 3 rings (SSSR count). The monoisotopic (exact) mass is 495 g/mol. The molecule has 0 radical (unpaired) electrons. The molecule has 6 nitrogen and oxygen atoms in total. The third-order valence-electron chi connectivity index (χ3n) is 6.33. The average molecular weight is 496 g/mol. The first kappa shape index (κ1) is 26.4. The number of aromatic nitrogens is 1. The smallest absolute Gasteiger partial charge is 0.350 e. The molecule has 2 aromatic rings. The van der Waals surface area contributed by atoms with Crippen LogP contribution in [-0.2, 0) is 12.7 Å². The lowest BCUT2D eigenvalue weighted by molar-refractivity contribution is -0.137. The Bertz CT molecular complexity index is 1140. The van der Waals surface area contributed by atoms with Crippen LogP contribution >= 0.6 is 0 Å². The summed E-state index contributed by atoms with van der Waals surface area (Å²) in [5.41, 5.74) is -2.42. The Kier molecular flexibility index (Phi) is 8.34. The fraction of sp³-hybridized carbons (Fsp3) is 0.480. The zero-order valence-electron chi connectivity index (χ0n) is 19.8. The summed E-state index contributed by atoms with van der Waals surface area (Å²) in [5.74, 6) is -2.39. The van der Waals surface area contributed by atoms with Crippen molar-refractivity contribution >= 4 is 11.8 Å². The number of pyridine rings is 1. The van der Waals surface area contributed by atoms with Gasteiger partial charge in [-0.15, -0.1) is 0 Å². The van der Waals surface area contributed by atoms with E-state index in [0.29, 0.717) is 25.6 Å². The van der Waals surface area contributed by atoms with Crippen molar-refractivity contribution in [3.63, 3.8) is 0 Å². The Hall–Kier alpha value is -3.17. The van der Waals surface area contributed by atoms with Crippen molar-refractivity contribution < 1.29 is 27.2 Å². The van der Waals surface area contributed by atoms with E-state index in [-0.39, 0.29) is 22.7 Å². The minimum Gasteiger partial charge on any atom is -0.350 e. The van der Waals surface area contributed by atoms with Crippen LogP contribution < -0.4 is 10.7 Å². The second-order valence-electron chi connectivity index (χ2n) is 8.81. The lowest BCUT2D eigenvalue weighted by atomic mass is 10.1. The highest BCUT2D eigenvalue weighted by molar-refractivity contribution is 5.99. The highest BCUT2D eigenvalue weighted by atomic mass is 19.4. The molecule has 1 N–H and O–H groups in total. The lowest BCUT2D eigenvalue weighted by Gasteiger charge is -2.22. The van der Waals surface area contributed by atoms with Crippen LogP contribution in [0.15, 0.2) is 35.4 Å². The number of alkyl halides is 3. The van der Waals surface area contributed by atoms with Crippen molar-refractivity contribution in [1.29, 1.82) is 0 Å². The molecule has 0 spiro atoms. The van der Waals surface area contributed by atoms with Gasteiger partial charge in [-0.25, -0.2) is 4.39 Å². The normalized spacial score (nSPS) is 15.4. The highest BCUT2D eigenvalue weighted by Crippen LogP contribution is 2.30. The van der Waals surface area contributed by atoms with Gasteiger partial charge in [-0.1, -0.05) is 25.8 Å². The van der Waals surface area contributed by atoms with Gasteiger partial charge in [0.15, 0.2) is 0 Å². The predicted octanol–water partition coefficient (Wildman–Crippen LogP) is 4.92. The number of carbonyl (C=O) groups excluding carboxylic acids is 2. The Balaban J connectivity index is 1.88.